The molecular formula is C29H26N6O4S. The van der Waals surface area contributed by atoms with Gasteiger partial charge in [0, 0.05) is 48.1 Å². The van der Waals surface area contributed by atoms with Gasteiger partial charge in [-0.05, 0) is 66.1 Å². The topological polar surface area (TPSA) is 148 Å². The average Bonchev–Trinajstić information content (AvgIpc) is 3.46. The van der Waals surface area contributed by atoms with Crippen LogP contribution in [-0.2, 0) is 22.7 Å². The number of nitrogens with one attached hydrogen (secondary N) is 3. The van der Waals surface area contributed by atoms with E-state index >= 15 is 0 Å². The van der Waals surface area contributed by atoms with Crippen LogP contribution in [0.1, 0.15) is 38.8 Å². The summed E-state index contributed by atoms with van der Waals surface area (Å²) in [6, 6.07) is 19.8. The number of urea groups is 1. The van der Waals surface area contributed by atoms with E-state index in [1.807, 2.05) is 23.1 Å². The second-order valence-electron chi connectivity index (χ2n) is 9.53. The number of amides is 3. The number of fused-ring (bicyclic) bond motifs is 1. The molecule has 1 aromatic heterocycles. The van der Waals surface area contributed by atoms with Crippen molar-refractivity contribution in [2.45, 2.75) is 23.8 Å². The number of carbonyl (C=O) groups is 2. The first-order chi connectivity index (χ1) is 19.2. The predicted octanol–water partition coefficient (Wildman–Crippen LogP) is 4.31. The smallest absolute Gasteiger partial charge is 0.323 e. The van der Waals surface area contributed by atoms with Crippen LogP contribution in [0.4, 0.5) is 16.2 Å². The van der Waals surface area contributed by atoms with Crippen molar-refractivity contribution in [2.75, 3.05) is 23.4 Å². The molecule has 202 valence electrons. The summed E-state index contributed by atoms with van der Waals surface area (Å²) in [6.45, 7) is 0.451. The maximum absolute atomic E-state index is 13.8. The van der Waals surface area contributed by atoms with Gasteiger partial charge in [0.1, 0.15) is 0 Å². The Hall–Kier alpha value is -4.95. The molecule has 1 aliphatic rings. The number of aromatic amines is 1. The van der Waals surface area contributed by atoms with Crippen molar-refractivity contribution in [2.24, 2.45) is 0 Å². The molecular weight excluding hydrogens is 528 g/mol. The Kier molecular flexibility index (Phi) is 7.35. The SMILES string of the molecule is CS(=O)(=O)c1ccc(NC(=O)Nc2ccc3c(c2)C(=O)N(CCc2cnc[nH]2)C(c2ccc(C#N)cc2)C3)cc1. The number of anilines is 2. The molecule has 0 radical (unpaired) electrons. The lowest BCUT2D eigenvalue weighted by Gasteiger charge is -2.37. The van der Waals surface area contributed by atoms with E-state index < -0.39 is 15.9 Å². The molecule has 3 aromatic carbocycles. The molecule has 0 fully saturated rings. The zero-order valence-corrected chi connectivity index (χ0v) is 22.4. The van der Waals surface area contributed by atoms with E-state index in [2.05, 4.69) is 26.7 Å². The maximum Gasteiger partial charge on any atom is 0.323 e. The lowest BCUT2D eigenvalue weighted by Crippen LogP contribution is -2.41. The van der Waals surface area contributed by atoms with E-state index in [1.54, 1.807) is 36.8 Å². The van der Waals surface area contributed by atoms with Crippen molar-refractivity contribution in [3.63, 3.8) is 0 Å². The highest BCUT2D eigenvalue weighted by molar-refractivity contribution is 7.90. The third kappa shape index (κ3) is 5.87. The van der Waals surface area contributed by atoms with Crippen molar-refractivity contribution >= 4 is 33.2 Å². The minimum Gasteiger partial charge on any atom is -0.348 e. The van der Waals surface area contributed by atoms with Crippen LogP contribution in [0.15, 0.2) is 84.1 Å². The van der Waals surface area contributed by atoms with Gasteiger partial charge in [0.15, 0.2) is 9.84 Å². The number of aromatic nitrogens is 2. The molecule has 0 spiro atoms. The first kappa shape index (κ1) is 26.6. The number of benzene rings is 3. The van der Waals surface area contributed by atoms with Crippen LogP contribution in [0.2, 0.25) is 0 Å². The summed E-state index contributed by atoms with van der Waals surface area (Å²) < 4.78 is 23.3. The fraction of sp³-hybridized carbons (Fsp3) is 0.172. The molecule has 4 aromatic rings. The van der Waals surface area contributed by atoms with Crippen LogP contribution in [0.25, 0.3) is 0 Å². The van der Waals surface area contributed by atoms with Gasteiger partial charge >= 0.3 is 6.03 Å². The molecule has 0 saturated carbocycles. The molecule has 2 heterocycles. The Morgan fingerprint density at radius 1 is 1.07 bits per heavy atom. The predicted molar refractivity (Wildman–Crippen MR) is 150 cm³/mol. The Labute approximate surface area is 231 Å². The van der Waals surface area contributed by atoms with Gasteiger partial charge < -0.3 is 20.5 Å². The number of sulfone groups is 1. The zero-order chi connectivity index (χ0) is 28.3. The van der Waals surface area contributed by atoms with E-state index in [1.165, 1.54) is 24.3 Å². The van der Waals surface area contributed by atoms with Gasteiger partial charge in [0.2, 0.25) is 0 Å². The van der Waals surface area contributed by atoms with Crippen LogP contribution in [0.5, 0.6) is 0 Å². The molecule has 1 atom stereocenters. The van der Waals surface area contributed by atoms with Crippen LogP contribution in [0, 0.1) is 11.3 Å². The van der Waals surface area contributed by atoms with Crippen LogP contribution in [-0.4, -0.2) is 48.0 Å². The quantitative estimate of drug-likeness (QED) is 0.310. The molecule has 0 aliphatic carbocycles. The fourth-order valence-electron chi connectivity index (χ4n) is 4.72. The van der Waals surface area contributed by atoms with Gasteiger partial charge in [0.25, 0.3) is 5.91 Å². The summed E-state index contributed by atoms with van der Waals surface area (Å²) in [6.07, 6.45) is 5.62. The molecule has 0 bridgehead atoms. The van der Waals surface area contributed by atoms with E-state index in [0.29, 0.717) is 41.9 Å². The second kappa shape index (κ2) is 11.0. The first-order valence-corrected chi connectivity index (χ1v) is 14.4. The number of nitriles is 1. The standard InChI is InChI=1S/C29H26N6O4S/c1-40(38,39)25-10-8-22(9-11-25)33-29(37)34-23-7-6-21-14-27(20-4-2-19(16-30)3-5-20)35(28(36)26(21)15-23)13-12-24-17-31-18-32-24/h2-11,15,17-18,27H,12-14H2,1H3,(H,31,32)(H2,33,34,37). The number of carbonyl (C=O) groups excluding carboxylic acids is 2. The largest absolute Gasteiger partial charge is 0.348 e. The maximum atomic E-state index is 13.8. The highest BCUT2D eigenvalue weighted by Gasteiger charge is 2.33. The number of H-pyrrole nitrogens is 1. The number of hydrogen-bond acceptors (Lipinski definition) is 6. The van der Waals surface area contributed by atoms with E-state index in [-0.39, 0.29) is 16.8 Å². The van der Waals surface area contributed by atoms with Crippen molar-refractivity contribution in [1.82, 2.24) is 14.9 Å². The molecule has 0 saturated heterocycles. The minimum atomic E-state index is -3.34. The lowest BCUT2D eigenvalue weighted by atomic mass is 9.88. The van der Waals surface area contributed by atoms with Gasteiger partial charge in [-0.1, -0.05) is 18.2 Å². The van der Waals surface area contributed by atoms with Crippen molar-refractivity contribution in [3.8, 4) is 6.07 Å². The summed E-state index contributed by atoms with van der Waals surface area (Å²) >= 11 is 0. The van der Waals surface area contributed by atoms with Crippen molar-refractivity contribution in [1.29, 1.82) is 5.26 Å². The minimum absolute atomic E-state index is 0.156. The molecule has 3 N–H and O–H groups in total. The second-order valence-corrected chi connectivity index (χ2v) is 11.5. The first-order valence-electron chi connectivity index (χ1n) is 12.5. The lowest BCUT2D eigenvalue weighted by molar-refractivity contribution is 0.0649. The van der Waals surface area contributed by atoms with Crippen LogP contribution < -0.4 is 10.6 Å². The number of hydrogen-bond donors (Lipinski definition) is 3. The van der Waals surface area contributed by atoms with Crippen LogP contribution in [0.3, 0.4) is 0 Å². The third-order valence-corrected chi connectivity index (χ3v) is 7.92. The van der Waals surface area contributed by atoms with E-state index in [0.717, 1.165) is 23.1 Å². The third-order valence-electron chi connectivity index (χ3n) is 6.79. The van der Waals surface area contributed by atoms with Gasteiger partial charge in [0.05, 0.1) is 28.9 Å². The normalized spacial score (nSPS) is 14.8. The highest BCUT2D eigenvalue weighted by atomic mass is 32.2. The monoisotopic (exact) mass is 554 g/mol. The fourth-order valence-corrected chi connectivity index (χ4v) is 5.35. The number of imidazole rings is 1. The Bertz CT molecular complexity index is 1690. The molecule has 40 heavy (non-hydrogen) atoms. The molecule has 11 heteroatoms. The van der Waals surface area contributed by atoms with Crippen LogP contribution >= 0.6 is 0 Å². The van der Waals surface area contributed by atoms with Gasteiger partial charge in [-0.3, -0.25) is 4.79 Å². The van der Waals surface area contributed by atoms with Gasteiger partial charge in [-0.15, -0.1) is 0 Å². The van der Waals surface area contributed by atoms with Crippen molar-refractivity contribution < 1.29 is 18.0 Å². The Balaban J connectivity index is 1.36. The average molecular weight is 555 g/mol. The highest BCUT2D eigenvalue weighted by Crippen LogP contribution is 2.35. The summed E-state index contributed by atoms with van der Waals surface area (Å²) in [5.74, 6) is -0.157. The number of rotatable bonds is 7. The summed E-state index contributed by atoms with van der Waals surface area (Å²) in [7, 11) is -3.34. The van der Waals surface area contributed by atoms with E-state index in [9.17, 15) is 23.3 Å². The summed E-state index contributed by atoms with van der Waals surface area (Å²) in [4.78, 5) is 35.5. The molecule has 10 nitrogen and oxygen atoms in total. The summed E-state index contributed by atoms with van der Waals surface area (Å²) in [5.41, 5.74) is 4.64. The Morgan fingerprint density at radius 3 is 2.42 bits per heavy atom. The van der Waals surface area contributed by atoms with E-state index in [4.69, 9.17) is 0 Å². The Morgan fingerprint density at radius 2 is 1.77 bits per heavy atom. The van der Waals surface area contributed by atoms with Crippen molar-refractivity contribution in [3.05, 3.63) is 107 Å². The van der Waals surface area contributed by atoms with Gasteiger partial charge in [-0.2, -0.15) is 5.26 Å². The zero-order valence-electron chi connectivity index (χ0n) is 21.6. The summed E-state index contributed by atoms with van der Waals surface area (Å²) in [5, 5.41) is 14.6. The molecule has 1 unspecified atom stereocenters. The molecule has 3 amide bonds. The molecule has 1 aliphatic heterocycles. The molecule has 5 rings (SSSR count). The number of nitrogens with zero attached hydrogens (tertiary/aromatic N) is 3. The van der Waals surface area contributed by atoms with Gasteiger partial charge in [-0.25, -0.2) is 18.2 Å².